The predicted molar refractivity (Wildman–Crippen MR) is 95.3 cm³/mol. The van der Waals surface area contributed by atoms with E-state index in [0.717, 1.165) is 6.07 Å². The Balaban J connectivity index is 1.95. The highest BCUT2D eigenvalue weighted by atomic mass is 19.4. The van der Waals surface area contributed by atoms with Gasteiger partial charge in [0.25, 0.3) is 0 Å². The van der Waals surface area contributed by atoms with E-state index in [-0.39, 0.29) is 24.4 Å². The number of benzene rings is 1. The smallest absolute Gasteiger partial charge is 0.419 e. The van der Waals surface area contributed by atoms with Crippen LogP contribution in [0.5, 0.6) is 5.75 Å². The SMILES string of the molecule is CCOC1CC(N)(C(=O)NC(C)COc2ccccc2C(F)(F)F)C1(C)C. The van der Waals surface area contributed by atoms with Gasteiger partial charge in [0.05, 0.1) is 17.7 Å². The van der Waals surface area contributed by atoms with Crippen molar-refractivity contribution >= 4 is 5.91 Å². The van der Waals surface area contributed by atoms with Crippen molar-refractivity contribution in [2.75, 3.05) is 13.2 Å². The van der Waals surface area contributed by atoms with Gasteiger partial charge in [0.15, 0.2) is 0 Å². The van der Waals surface area contributed by atoms with E-state index in [0.29, 0.717) is 13.0 Å². The summed E-state index contributed by atoms with van der Waals surface area (Å²) in [6, 6.07) is 4.46. The highest BCUT2D eigenvalue weighted by molar-refractivity contribution is 5.89. The van der Waals surface area contributed by atoms with E-state index in [1.54, 1.807) is 6.92 Å². The molecule has 0 aliphatic heterocycles. The van der Waals surface area contributed by atoms with Gasteiger partial charge < -0.3 is 20.5 Å². The number of nitrogens with two attached hydrogens (primary N) is 1. The summed E-state index contributed by atoms with van der Waals surface area (Å²) in [4.78, 5) is 12.6. The molecule has 1 saturated carbocycles. The molecule has 1 amide bonds. The lowest BCUT2D eigenvalue weighted by Crippen LogP contribution is -2.76. The molecule has 0 aromatic heterocycles. The Morgan fingerprint density at radius 3 is 2.56 bits per heavy atom. The predicted octanol–water partition coefficient (Wildman–Crippen LogP) is 3.12. The topological polar surface area (TPSA) is 73.6 Å². The normalized spacial score (nSPS) is 25.4. The summed E-state index contributed by atoms with van der Waals surface area (Å²) < 4.78 is 49.9. The first-order valence-electron chi connectivity index (χ1n) is 8.94. The van der Waals surface area contributed by atoms with Crippen molar-refractivity contribution in [1.29, 1.82) is 0 Å². The van der Waals surface area contributed by atoms with Crippen molar-refractivity contribution < 1.29 is 27.4 Å². The fourth-order valence-electron chi connectivity index (χ4n) is 3.26. The summed E-state index contributed by atoms with van der Waals surface area (Å²) in [6.07, 6.45) is -4.22. The second-order valence-corrected chi connectivity index (χ2v) is 7.52. The number of nitrogens with one attached hydrogen (secondary N) is 1. The molecule has 3 unspecified atom stereocenters. The molecule has 1 aliphatic carbocycles. The van der Waals surface area contributed by atoms with Crippen molar-refractivity contribution in [2.24, 2.45) is 11.1 Å². The number of para-hydroxylation sites is 1. The van der Waals surface area contributed by atoms with Gasteiger partial charge in [-0.25, -0.2) is 0 Å². The van der Waals surface area contributed by atoms with Gasteiger partial charge in [0.1, 0.15) is 17.9 Å². The summed E-state index contributed by atoms with van der Waals surface area (Å²) in [7, 11) is 0. The molecular weight excluding hydrogens is 361 g/mol. The van der Waals surface area contributed by atoms with Crippen LogP contribution in [-0.2, 0) is 15.7 Å². The third kappa shape index (κ3) is 4.21. The molecule has 0 spiro atoms. The van der Waals surface area contributed by atoms with Gasteiger partial charge in [-0.2, -0.15) is 13.2 Å². The summed E-state index contributed by atoms with van der Waals surface area (Å²) in [6.45, 7) is 7.71. The number of alkyl halides is 3. The molecule has 27 heavy (non-hydrogen) atoms. The van der Waals surface area contributed by atoms with Crippen molar-refractivity contribution in [3.8, 4) is 5.75 Å². The van der Waals surface area contributed by atoms with Gasteiger partial charge in [-0.1, -0.05) is 26.0 Å². The number of hydrogen-bond donors (Lipinski definition) is 2. The lowest BCUT2D eigenvalue weighted by molar-refractivity contribution is -0.171. The van der Waals surface area contributed by atoms with E-state index in [2.05, 4.69) is 5.32 Å². The fraction of sp³-hybridized carbons (Fsp3) is 0.632. The highest BCUT2D eigenvalue weighted by Gasteiger charge is 2.62. The third-order valence-corrected chi connectivity index (χ3v) is 5.29. The zero-order valence-corrected chi connectivity index (χ0v) is 16.0. The number of carbonyl (C=O) groups is 1. The molecule has 0 heterocycles. The maximum Gasteiger partial charge on any atom is 0.419 e. The second kappa shape index (κ2) is 7.67. The quantitative estimate of drug-likeness (QED) is 0.753. The maximum atomic E-state index is 13.0. The fourth-order valence-corrected chi connectivity index (χ4v) is 3.26. The average molecular weight is 388 g/mol. The highest BCUT2D eigenvalue weighted by Crippen LogP contribution is 2.49. The van der Waals surface area contributed by atoms with Gasteiger partial charge in [0.2, 0.25) is 5.91 Å². The molecule has 1 aromatic carbocycles. The average Bonchev–Trinajstić information content (AvgIpc) is 2.59. The number of amides is 1. The molecule has 0 bridgehead atoms. The van der Waals surface area contributed by atoms with Crippen LogP contribution in [-0.4, -0.2) is 36.8 Å². The monoisotopic (exact) mass is 388 g/mol. The van der Waals surface area contributed by atoms with Gasteiger partial charge in [-0.05, 0) is 26.0 Å². The molecule has 3 N–H and O–H groups in total. The van der Waals surface area contributed by atoms with Crippen LogP contribution in [0, 0.1) is 5.41 Å². The number of rotatable bonds is 7. The van der Waals surface area contributed by atoms with E-state index in [1.807, 2.05) is 20.8 Å². The number of hydrogen-bond acceptors (Lipinski definition) is 4. The van der Waals surface area contributed by atoms with Crippen molar-refractivity contribution in [1.82, 2.24) is 5.32 Å². The summed E-state index contributed by atoms with van der Waals surface area (Å²) >= 11 is 0. The van der Waals surface area contributed by atoms with E-state index in [4.69, 9.17) is 15.2 Å². The molecule has 0 saturated heterocycles. The van der Waals surface area contributed by atoms with Crippen LogP contribution in [0.3, 0.4) is 0 Å². The lowest BCUT2D eigenvalue weighted by Gasteiger charge is -2.57. The Hall–Kier alpha value is -1.80. The zero-order chi connectivity index (χ0) is 20.5. The number of halogens is 3. The van der Waals surface area contributed by atoms with Crippen LogP contribution in [0.4, 0.5) is 13.2 Å². The molecule has 152 valence electrons. The third-order valence-electron chi connectivity index (χ3n) is 5.29. The van der Waals surface area contributed by atoms with E-state index < -0.39 is 28.7 Å². The Kier molecular flexibility index (Phi) is 6.11. The molecule has 5 nitrogen and oxygen atoms in total. The van der Waals surface area contributed by atoms with Gasteiger partial charge >= 0.3 is 6.18 Å². The number of ether oxygens (including phenoxy) is 2. The molecule has 8 heteroatoms. The van der Waals surface area contributed by atoms with Crippen LogP contribution < -0.4 is 15.8 Å². The van der Waals surface area contributed by atoms with Crippen LogP contribution in [0.25, 0.3) is 0 Å². The first kappa shape index (κ1) is 21.5. The molecule has 0 radical (unpaired) electrons. The molecule has 1 fully saturated rings. The van der Waals surface area contributed by atoms with E-state index in [1.165, 1.54) is 18.2 Å². The minimum atomic E-state index is -4.51. The standard InChI is InChI=1S/C19H27F3N2O3/c1-5-26-15-10-18(23,17(15,3)4)16(25)24-12(2)11-27-14-9-7-6-8-13(14)19(20,21)22/h6-9,12,15H,5,10-11,23H2,1-4H3,(H,24,25). The van der Waals surface area contributed by atoms with Crippen LogP contribution in [0.15, 0.2) is 24.3 Å². The molecule has 1 aromatic rings. The van der Waals surface area contributed by atoms with Crippen LogP contribution in [0.1, 0.15) is 39.7 Å². The number of carbonyl (C=O) groups excluding carboxylic acids is 1. The van der Waals surface area contributed by atoms with Crippen LogP contribution >= 0.6 is 0 Å². The van der Waals surface area contributed by atoms with Crippen LogP contribution in [0.2, 0.25) is 0 Å². The van der Waals surface area contributed by atoms with Gasteiger partial charge in [-0.15, -0.1) is 0 Å². The van der Waals surface area contributed by atoms with Crippen molar-refractivity contribution in [2.45, 2.75) is 58.0 Å². The molecule has 1 aliphatic rings. The minimum Gasteiger partial charge on any atom is -0.491 e. The molecular formula is C19H27F3N2O3. The Morgan fingerprint density at radius 2 is 2.00 bits per heavy atom. The second-order valence-electron chi connectivity index (χ2n) is 7.52. The molecule has 3 atom stereocenters. The van der Waals surface area contributed by atoms with Gasteiger partial charge in [-0.3, -0.25) is 4.79 Å². The summed E-state index contributed by atoms with van der Waals surface area (Å²) in [5.74, 6) is -0.627. The zero-order valence-electron chi connectivity index (χ0n) is 16.0. The summed E-state index contributed by atoms with van der Waals surface area (Å²) in [5, 5.41) is 2.74. The minimum absolute atomic E-state index is 0.107. The Morgan fingerprint density at radius 1 is 1.37 bits per heavy atom. The lowest BCUT2D eigenvalue weighted by atomic mass is 9.54. The van der Waals surface area contributed by atoms with Crippen molar-refractivity contribution in [3.63, 3.8) is 0 Å². The maximum absolute atomic E-state index is 13.0. The Labute approximate surface area is 157 Å². The first-order chi connectivity index (χ1) is 12.4. The van der Waals surface area contributed by atoms with Crippen molar-refractivity contribution in [3.05, 3.63) is 29.8 Å². The van der Waals surface area contributed by atoms with E-state index in [9.17, 15) is 18.0 Å². The largest absolute Gasteiger partial charge is 0.491 e. The summed E-state index contributed by atoms with van der Waals surface area (Å²) in [5.41, 5.74) is 3.81. The van der Waals surface area contributed by atoms with E-state index >= 15 is 0 Å². The Bertz CT molecular complexity index is 678. The molecule has 2 rings (SSSR count). The first-order valence-corrected chi connectivity index (χ1v) is 8.94. The van der Waals surface area contributed by atoms with Gasteiger partial charge in [0, 0.05) is 18.4 Å².